The summed E-state index contributed by atoms with van der Waals surface area (Å²) in [6, 6.07) is 14.6. The molecule has 1 N–H and O–H groups in total. The average Bonchev–Trinajstić information content (AvgIpc) is 3.14. The number of rotatable bonds is 4. The Balaban J connectivity index is 1.40. The SMILES string of the molecule is Cn1nc(C(=O)N2CCN(c3ccc(F)cc3)CC2)cc1NC(=O)c1ccccc1Cl. The van der Waals surface area contributed by atoms with Gasteiger partial charge in [-0.15, -0.1) is 0 Å². The normalized spacial score (nSPS) is 13.9. The highest BCUT2D eigenvalue weighted by molar-refractivity contribution is 6.34. The maximum absolute atomic E-state index is 13.1. The maximum atomic E-state index is 13.1. The molecule has 1 saturated heterocycles. The topological polar surface area (TPSA) is 70.5 Å². The Labute approximate surface area is 184 Å². The second-order valence-corrected chi connectivity index (χ2v) is 7.64. The van der Waals surface area contributed by atoms with Gasteiger partial charge in [0.25, 0.3) is 11.8 Å². The van der Waals surface area contributed by atoms with Crippen molar-refractivity contribution in [1.29, 1.82) is 0 Å². The lowest BCUT2D eigenvalue weighted by molar-refractivity contribution is 0.0740. The van der Waals surface area contributed by atoms with Gasteiger partial charge in [0.1, 0.15) is 11.6 Å². The van der Waals surface area contributed by atoms with E-state index in [4.69, 9.17) is 11.6 Å². The van der Waals surface area contributed by atoms with Gasteiger partial charge in [-0.2, -0.15) is 5.10 Å². The first-order valence-corrected chi connectivity index (χ1v) is 10.2. The van der Waals surface area contributed by atoms with E-state index >= 15 is 0 Å². The van der Waals surface area contributed by atoms with Gasteiger partial charge in [0.05, 0.1) is 10.6 Å². The highest BCUT2D eigenvalue weighted by atomic mass is 35.5. The zero-order valence-electron chi connectivity index (χ0n) is 16.9. The molecule has 9 heteroatoms. The molecular formula is C22H21ClFN5O2. The number of piperazine rings is 1. The van der Waals surface area contributed by atoms with E-state index in [-0.39, 0.29) is 23.3 Å². The van der Waals surface area contributed by atoms with Crippen LogP contribution in [0.15, 0.2) is 54.6 Å². The first-order chi connectivity index (χ1) is 14.9. The highest BCUT2D eigenvalue weighted by Crippen LogP contribution is 2.20. The molecule has 0 bridgehead atoms. The number of benzene rings is 2. The number of anilines is 2. The molecule has 7 nitrogen and oxygen atoms in total. The van der Waals surface area contributed by atoms with Crippen molar-refractivity contribution in [3.8, 4) is 0 Å². The molecule has 0 unspecified atom stereocenters. The number of hydrogen-bond acceptors (Lipinski definition) is 4. The average molecular weight is 442 g/mol. The molecule has 2 heterocycles. The van der Waals surface area contributed by atoms with E-state index in [1.54, 1.807) is 54.4 Å². The van der Waals surface area contributed by atoms with Gasteiger partial charge in [0.15, 0.2) is 5.69 Å². The third-order valence-corrected chi connectivity index (χ3v) is 5.55. The van der Waals surface area contributed by atoms with Crippen molar-refractivity contribution in [1.82, 2.24) is 14.7 Å². The molecule has 0 radical (unpaired) electrons. The largest absolute Gasteiger partial charge is 0.368 e. The number of nitrogens with zero attached hydrogens (tertiary/aromatic N) is 4. The summed E-state index contributed by atoms with van der Waals surface area (Å²) in [7, 11) is 1.66. The van der Waals surface area contributed by atoms with Crippen molar-refractivity contribution < 1.29 is 14.0 Å². The standard InChI is InChI=1S/C22H21ClFN5O2/c1-27-20(25-21(30)17-4-2-3-5-18(17)23)14-19(26-27)22(31)29-12-10-28(11-13-29)16-8-6-15(24)7-9-16/h2-9,14H,10-13H2,1H3,(H,25,30). The number of halogens is 2. The molecule has 0 atom stereocenters. The first-order valence-electron chi connectivity index (χ1n) is 9.82. The second-order valence-electron chi connectivity index (χ2n) is 7.23. The molecular weight excluding hydrogens is 421 g/mol. The Morgan fingerprint density at radius 2 is 1.71 bits per heavy atom. The van der Waals surface area contributed by atoms with Crippen LogP contribution < -0.4 is 10.2 Å². The first kappa shape index (κ1) is 20.9. The second kappa shape index (κ2) is 8.77. The number of aryl methyl sites for hydroxylation is 1. The third kappa shape index (κ3) is 4.54. The fourth-order valence-electron chi connectivity index (χ4n) is 3.50. The molecule has 0 aliphatic carbocycles. The Hall–Kier alpha value is -3.39. The van der Waals surface area contributed by atoms with Crippen LogP contribution in [0.2, 0.25) is 5.02 Å². The molecule has 1 aromatic heterocycles. The molecule has 160 valence electrons. The Bertz CT molecular complexity index is 1110. The van der Waals surface area contributed by atoms with Crippen LogP contribution in [-0.2, 0) is 7.05 Å². The van der Waals surface area contributed by atoms with Crippen molar-refractivity contribution in [2.24, 2.45) is 7.05 Å². The third-order valence-electron chi connectivity index (χ3n) is 5.22. The number of nitrogens with one attached hydrogen (secondary N) is 1. The van der Waals surface area contributed by atoms with Crippen molar-refractivity contribution in [3.05, 3.63) is 76.7 Å². The smallest absolute Gasteiger partial charge is 0.274 e. The molecule has 4 rings (SSSR count). The van der Waals surface area contributed by atoms with E-state index in [9.17, 15) is 14.0 Å². The summed E-state index contributed by atoms with van der Waals surface area (Å²) in [5, 5.41) is 7.36. The number of carbonyl (C=O) groups excluding carboxylic acids is 2. The van der Waals surface area contributed by atoms with Crippen molar-refractivity contribution >= 4 is 34.9 Å². The van der Waals surface area contributed by atoms with Crippen LogP contribution in [0.3, 0.4) is 0 Å². The van der Waals surface area contributed by atoms with Crippen LogP contribution in [-0.4, -0.2) is 52.7 Å². The number of aromatic nitrogens is 2. The predicted molar refractivity (Wildman–Crippen MR) is 117 cm³/mol. The maximum Gasteiger partial charge on any atom is 0.274 e. The van der Waals surface area contributed by atoms with Gasteiger partial charge in [-0.05, 0) is 36.4 Å². The molecule has 1 fully saturated rings. The highest BCUT2D eigenvalue weighted by Gasteiger charge is 2.25. The summed E-state index contributed by atoms with van der Waals surface area (Å²) in [5.41, 5.74) is 1.53. The van der Waals surface area contributed by atoms with E-state index in [0.717, 1.165) is 5.69 Å². The Morgan fingerprint density at radius 1 is 1.03 bits per heavy atom. The quantitative estimate of drug-likeness (QED) is 0.673. The molecule has 0 spiro atoms. The van der Waals surface area contributed by atoms with Crippen LogP contribution in [0.4, 0.5) is 15.9 Å². The van der Waals surface area contributed by atoms with Gasteiger partial charge < -0.3 is 15.1 Å². The molecule has 2 amide bonds. The van der Waals surface area contributed by atoms with Gasteiger partial charge in [-0.25, -0.2) is 4.39 Å². The summed E-state index contributed by atoms with van der Waals surface area (Å²) in [5.74, 6) is -0.448. The van der Waals surface area contributed by atoms with Crippen molar-refractivity contribution in [3.63, 3.8) is 0 Å². The van der Waals surface area contributed by atoms with Crippen LogP contribution in [0, 0.1) is 5.82 Å². The lowest BCUT2D eigenvalue weighted by Gasteiger charge is -2.35. The molecule has 3 aromatic rings. The molecule has 1 aliphatic rings. The number of hydrogen-bond donors (Lipinski definition) is 1. The van der Waals surface area contributed by atoms with Gasteiger partial charge in [-0.3, -0.25) is 14.3 Å². The molecule has 1 aliphatic heterocycles. The van der Waals surface area contributed by atoms with Gasteiger partial charge in [0.2, 0.25) is 0 Å². The molecule has 2 aromatic carbocycles. The lowest BCUT2D eigenvalue weighted by atomic mass is 10.2. The van der Waals surface area contributed by atoms with Gasteiger partial charge in [0, 0.05) is 45.0 Å². The summed E-state index contributed by atoms with van der Waals surface area (Å²) in [6.45, 7) is 2.32. The van der Waals surface area contributed by atoms with E-state index in [1.807, 2.05) is 0 Å². The van der Waals surface area contributed by atoms with Crippen LogP contribution in [0.5, 0.6) is 0 Å². The van der Waals surface area contributed by atoms with Crippen LogP contribution in [0.25, 0.3) is 0 Å². The Kier molecular flexibility index (Phi) is 5.90. The monoisotopic (exact) mass is 441 g/mol. The zero-order valence-corrected chi connectivity index (χ0v) is 17.6. The minimum absolute atomic E-state index is 0.201. The lowest BCUT2D eigenvalue weighted by Crippen LogP contribution is -2.48. The number of carbonyl (C=O) groups is 2. The summed E-state index contributed by atoms with van der Waals surface area (Å²) < 4.78 is 14.6. The minimum atomic E-state index is -0.375. The van der Waals surface area contributed by atoms with Gasteiger partial charge >= 0.3 is 0 Å². The minimum Gasteiger partial charge on any atom is -0.368 e. The van der Waals surface area contributed by atoms with E-state index in [0.29, 0.717) is 42.6 Å². The fraction of sp³-hybridized carbons (Fsp3) is 0.227. The summed E-state index contributed by atoms with van der Waals surface area (Å²) in [6.07, 6.45) is 0. The van der Waals surface area contributed by atoms with E-state index in [2.05, 4.69) is 15.3 Å². The van der Waals surface area contributed by atoms with Gasteiger partial charge in [-0.1, -0.05) is 23.7 Å². The number of amides is 2. The van der Waals surface area contributed by atoms with E-state index < -0.39 is 0 Å². The van der Waals surface area contributed by atoms with Crippen molar-refractivity contribution in [2.75, 3.05) is 36.4 Å². The van der Waals surface area contributed by atoms with Crippen LogP contribution in [0.1, 0.15) is 20.8 Å². The predicted octanol–water partition coefficient (Wildman–Crippen LogP) is 3.43. The van der Waals surface area contributed by atoms with Crippen LogP contribution >= 0.6 is 11.6 Å². The summed E-state index contributed by atoms with van der Waals surface area (Å²) in [4.78, 5) is 29.2. The Morgan fingerprint density at radius 3 is 2.39 bits per heavy atom. The van der Waals surface area contributed by atoms with Crippen molar-refractivity contribution in [2.45, 2.75) is 0 Å². The molecule has 31 heavy (non-hydrogen) atoms. The molecule has 0 saturated carbocycles. The zero-order chi connectivity index (χ0) is 22.0. The van der Waals surface area contributed by atoms with E-state index in [1.165, 1.54) is 16.8 Å². The fourth-order valence-corrected chi connectivity index (χ4v) is 3.72. The summed E-state index contributed by atoms with van der Waals surface area (Å²) >= 11 is 6.08.